The van der Waals surface area contributed by atoms with Gasteiger partial charge in [0.15, 0.2) is 11.0 Å². The van der Waals surface area contributed by atoms with Gasteiger partial charge in [-0.25, -0.2) is 4.98 Å². The molecule has 0 spiro atoms. The lowest BCUT2D eigenvalue weighted by Gasteiger charge is -2.05. The van der Waals surface area contributed by atoms with E-state index in [1.165, 1.54) is 16.0 Å². The number of hydrogen-bond donors (Lipinski definition) is 0. The third kappa shape index (κ3) is 3.77. The van der Waals surface area contributed by atoms with Gasteiger partial charge in [0.25, 0.3) is 0 Å². The molecule has 0 aliphatic carbocycles. The van der Waals surface area contributed by atoms with Crippen molar-refractivity contribution < 1.29 is 4.42 Å². The predicted octanol–water partition coefficient (Wildman–Crippen LogP) is 5.92. The first-order chi connectivity index (χ1) is 13.5. The molecule has 28 heavy (non-hydrogen) atoms. The van der Waals surface area contributed by atoms with Gasteiger partial charge in [0.2, 0.25) is 0 Å². The van der Waals surface area contributed by atoms with Gasteiger partial charge >= 0.3 is 0 Å². The Bertz CT molecular complexity index is 1080. The van der Waals surface area contributed by atoms with E-state index in [2.05, 4.69) is 53.3 Å². The van der Waals surface area contributed by atoms with Crippen molar-refractivity contribution >= 4 is 23.1 Å². The molecule has 0 bridgehead atoms. The van der Waals surface area contributed by atoms with Crippen LogP contribution >= 0.6 is 23.1 Å². The van der Waals surface area contributed by atoms with Crippen LogP contribution in [0.25, 0.3) is 22.0 Å². The Kier molecular flexibility index (Phi) is 5.37. The van der Waals surface area contributed by atoms with E-state index in [1.54, 1.807) is 29.4 Å². The molecule has 0 aliphatic rings. The highest BCUT2D eigenvalue weighted by Gasteiger charge is 2.15. The van der Waals surface area contributed by atoms with Gasteiger partial charge in [-0.3, -0.25) is 0 Å². The average Bonchev–Trinajstić information content (AvgIpc) is 3.41. The molecule has 144 valence electrons. The second kappa shape index (κ2) is 7.93. The highest BCUT2D eigenvalue weighted by atomic mass is 32.2. The number of hydrogen-bond acceptors (Lipinski definition) is 6. The topological polar surface area (TPSA) is 56.7 Å². The lowest BCUT2D eigenvalue weighted by Crippen LogP contribution is -1.94. The van der Waals surface area contributed by atoms with Crippen LogP contribution in [0.3, 0.4) is 0 Å². The minimum absolute atomic E-state index is 0.541. The zero-order valence-electron chi connectivity index (χ0n) is 16.3. The van der Waals surface area contributed by atoms with Crippen molar-refractivity contribution in [2.24, 2.45) is 7.05 Å². The fraction of sp³-hybridized carbons (Fsp3) is 0.286. The standard InChI is InChI=1S/C21H22N4OS2/c1-13(2)15-5-7-16(8-6-15)20-22-11-17(28-20)12-27-21-24-23-19(25(21)4)18-9-10-26-14(18)3/h5-11,13H,12H2,1-4H3. The maximum Gasteiger partial charge on any atom is 0.191 e. The van der Waals surface area contributed by atoms with Crippen molar-refractivity contribution in [1.29, 1.82) is 0 Å². The Balaban J connectivity index is 1.45. The van der Waals surface area contributed by atoms with E-state index >= 15 is 0 Å². The molecule has 0 radical (unpaired) electrons. The van der Waals surface area contributed by atoms with Crippen LogP contribution in [0.5, 0.6) is 0 Å². The van der Waals surface area contributed by atoms with E-state index in [0.29, 0.717) is 5.92 Å². The summed E-state index contributed by atoms with van der Waals surface area (Å²) in [5.74, 6) is 3.03. The lowest BCUT2D eigenvalue weighted by molar-refractivity contribution is 0.534. The summed E-state index contributed by atoms with van der Waals surface area (Å²) in [5.41, 5.74) is 3.50. The van der Waals surface area contributed by atoms with E-state index in [4.69, 9.17) is 4.42 Å². The third-order valence-corrected chi connectivity index (χ3v) is 6.95. The van der Waals surface area contributed by atoms with Gasteiger partial charge in [-0.15, -0.1) is 21.5 Å². The van der Waals surface area contributed by atoms with Crippen LogP contribution < -0.4 is 0 Å². The third-order valence-electron chi connectivity index (χ3n) is 4.66. The molecule has 0 fully saturated rings. The normalized spacial score (nSPS) is 11.5. The average molecular weight is 411 g/mol. The molecule has 0 amide bonds. The lowest BCUT2D eigenvalue weighted by atomic mass is 10.0. The number of rotatable bonds is 6. The number of furan rings is 1. The molecule has 4 aromatic rings. The Labute approximate surface area is 172 Å². The van der Waals surface area contributed by atoms with Gasteiger partial charge < -0.3 is 8.98 Å². The molecule has 1 aromatic carbocycles. The van der Waals surface area contributed by atoms with Crippen molar-refractivity contribution in [2.75, 3.05) is 0 Å². The second-order valence-electron chi connectivity index (χ2n) is 6.95. The summed E-state index contributed by atoms with van der Waals surface area (Å²) in [6.07, 6.45) is 3.64. The SMILES string of the molecule is Cc1occc1-c1nnc(SCc2cnc(-c3ccc(C(C)C)cc3)s2)n1C. The van der Waals surface area contributed by atoms with Gasteiger partial charge in [-0.05, 0) is 24.5 Å². The van der Waals surface area contributed by atoms with Crippen LogP contribution in [0.15, 0.2) is 52.4 Å². The maximum atomic E-state index is 5.38. The first-order valence-corrected chi connectivity index (χ1v) is 10.9. The number of thiazole rings is 1. The van der Waals surface area contributed by atoms with Crippen molar-refractivity contribution in [3.05, 3.63) is 59.0 Å². The van der Waals surface area contributed by atoms with Crippen LogP contribution in [0.2, 0.25) is 0 Å². The number of aryl methyl sites for hydroxylation is 1. The number of nitrogens with zero attached hydrogens (tertiary/aromatic N) is 4. The van der Waals surface area contributed by atoms with Crippen molar-refractivity contribution in [1.82, 2.24) is 19.7 Å². The van der Waals surface area contributed by atoms with Gasteiger partial charge in [-0.2, -0.15) is 0 Å². The van der Waals surface area contributed by atoms with Crippen LogP contribution in [-0.4, -0.2) is 19.7 Å². The number of aromatic nitrogens is 4. The molecule has 0 saturated heterocycles. The monoisotopic (exact) mass is 410 g/mol. The van der Waals surface area contributed by atoms with Gasteiger partial charge in [0, 0.05) is 29.4 Å². The predicted molar refractivity (Wildman–Crippen MR) is 115 cm³/mol. The Morgan fingerprint density at radius 1 is 1.14 bits per heavy atom. The molecule has 0 saturated carbocycles. The molecule has 0 atom stereocenters. The summed E-state index contributed by atoms with van der Waals surface area (Å²) < 4.78 is 7.39. The second-order valence-corrected chi connectivity index (χ2v) is 9.01. The highest BCUT2D eigenvalue weighted by molar-refractivity contribution is 7.98. The molecule has 3 heterocycles. The first kappa shape index (κ1) is 19.0. The van der Waals surface area contributed by atoms with E-state index < -0.39 is 0 Å². The Morgan fingerprint density at radius 2 is 1.93 bits per heavy atom. The molecular formula is C21H22N4OS2. The molecule has 3 aromatic heterocycles. The van der Waals surface area contributed by atoms with Gasteiger partial charge in [0.05, 0.1) is 11.8 Å². The minimum Gasteiger partial charge on any atom is -0.469 e. The summed E-state index contributed by atoms with van der Waals surface area (Å²) in [6.45, 7) is 6.35. The minimum atomic E-state index is 0.541. The summed E-state index contributed by atoms with van der Waals surface area (Å²) in [5, 5.41) is 10.6. The van der Waals surface area contributed by atoms with Gasteiger partial charge in [-0.1, -0.05) is 49.9 Å². The fourth-order valence-corrected chi connectivity index (χ4v) is 4.80. The highest BCUT2D eigenvalue weighted by Crippen LogP contribution is 2.31. The molecule has 4 rings (SSSR count). The van der Waals surface area contributed by atoms with Crippen LogP contribution in [0.1, 0.15) is 36.0 Å². The number of thioether (sulfide) groups is 1. The Hall–Kier alpha value is -2.38. The summed E-state index contributed by atoms with van der Waals surface area (Å²) in [6, 6.07) is 10.6. The first-order valence-electron chi connectivity index (χ1n) is 9.14. The van der Waals surface area contributed by atoms with E-state index in [-0.39, 0.29) is 0 Å². The largest absolute Gasteiger partial charge is 0.469 e. The quantitative estimate of drug-likeness (QED) is 0.369. The molecular weight excluding hydrogens is 388 g/mol. The maximum absolute atomic E-state index is 5.38. The van der Waals surface area contributed by atoms with Crippen molar-refractivity contribution in [3.63, 3.8) is 0 Å². The van der Waals surface area contributed by atoms with Crippen molar-refractivity contribution in [3.8, 4) is 22.0 Å². The summed E-state index contributed by atoms with van der Waals surface area (Å²) >= 11 is 3.40. The van der Waals surface area contributed by atoms with E-state index in [1.807, 2.05) is 30.8 Å². The molecule has 5 nitrogen and oxygen atoms in total. The van der Waals surface area contributed by atoms with Crippen LogP contribution in [-0.2, 0) is 12.8 Å². The van der Waals surface area contributed by atoms with E-state index in [0.717, 1.165) is 33.1 Å². The van der Waals surface area contributed by atoms with E-state index in [9.17, 15) is 0 Å². The zero-order valence-corrected chi connectivity index (χ0v) is 18.0. The smallest absolute Gasteiger partial charge is 0.191 e. The zero-order chi connectivity index (χ0) is 19.7. The van der Waals surface area contributed by atoms with Gasteiger partial charge in [0.1, 0.15) is 10.8 Å². The van der Waals surface area contributed by atoms with Crippen LogP contribution in [0.4, 0.5) is 0 Å². The molecule has 0 N–H and O–H groups in total. The van der Waals surface area contributed by atoms with Crippen LogP contribution in [0, 0.1) is 6.92 Å². The summed E-state index contributed by atoms with van der Waals surface area (Å²) in [4.78, 5) is 5.82. The molecule has 0 unspecified atom stereocenters. The van der Waals surface area contributed by atoms with Crippen molar-refractivity contribution in [2.45, 2.75) is 37.6 Å². The fourth-order valence-electron chi connectivity index (χ4n) is 2.95. The molecule has 0 aliphatic heterocycles. The number of benzene rings is 1. The summed E-state index contributed by atoms with van der Waals surface area (Å²) in [7, 11) is 1.98. The Morgan fingerprint density at radius 3 is 2.61 bits per heavy atom. The molecule has 7 heteroatoms.